The van der Waals surface area contributed by atoms with Crippen molar-refractivity contribution in [2.75, 3.05) is 19.6 Å². The highest BCUT2D eigenvalue weighted by Crippen LogP contribution is 2.41. The molecule has 3 N–H and O–H groups in total. The van der Waals surface area contributed by atoms with E-state index in [0.29, 0.717) is 24.8 Å². The normalized spacial score (nSPS) is 28.7. The van der Waals surface area contributed by atoms with Crippen LogP contribution in [0, 0.1) is 11.8 Å². The third-order valence-electron chi connectivity index (χ3n) is 7.97. The molecule has 3 unspecified atom stereocenters. The molecule has 4 rings (SSSR count). The predicted molar refractivity (Wildman–Crippen MR) is 122 cm³/mol. The van der Waals surface area contributed by atoms with Crippen LogP contribution in [0.5, 0.6) is 0 Å². The topological polar surface area (TPSA) is 72.8 Å². The Morgan fingerprint density at radius 2 is 1.65 bits per heavy atom. The van der Waals surface area contributed by atoms with E-state index in [9.17, 15) is 15.0 Å². The van der Waals surface area contributed by atoms with E-state index in [1.54, 1.807) is 0 Å². The number of aliphatic hydroxyl groups is 2. The second-order valence-electron chi connectivity index (χ2n) is 10.2. The molecule has 0 bridgehead atoms. The second kappa shape index (κ2) is 10.5. The van der Waals surface area contributed by atoms with Crippen LogP contribution in [0.4, 0.5) is 0 Å². The summed E-state index contributed by atoms with van der Waals surface area (Å²) in [7, 11) is 0. The van der Waals surface area contributed by atoms with E-state index >= 15 is 0 Å². The van der Waals surface area contributed by atoms with Gasteiger partial charge in [0.05, 0.1) is 6.10 Å². The van der Waals surface area contributed by atoms with Crippen LogP contribution in [0.2, 0.25) is 0 Å². The standard InChI is InChI=1S/C26H40N2O3/c29-24-13-12-22(18-24)26(31,21-10-6-3-7-11-21)25(30)27-23-14-16-28(17-15-23)19-20-8-4-1-2-5-9-20/h3,6-7,10-11,20,22-24,29,31H,1-2,4-5,8-9,12-19H2,(H,27,30). The molecule has 172 valence electrons. The number of carbonyl (C=O) groups is 1. The predicted octanol–water partition coefficient (Wildman–Crippen LogP) is 3.59. The number of piperidine rings is 1. The highest BCUT2D eigenvalue weighted by atomic mass is 16.3. The zero-order valence-corrected chi connectivity index (χ0v) is 18.8. The first-order valence-electron chi connectivity index (χ1n) is 12.5. The van der Waals surface area contributed by atoms with Gasteiger partial charge in [0.2, 0.25) is 0 Å². The van der Waals surface area contributed by atoms with Crippen molar-refractivity contribution in [1.82, 2.24) is 10.2 Å². The van der Waals surface area contributed by atoms with Gasteiger partial charge in [-0.1, -0.05) is 56.0 Å². The summed E-state index contributed by atoms with van der Waals surface area (Å²) in [6.45, 7) is 3.25. The molecular weight excluding hydrogens is 388 g/mol. The maximum absolute atomic E-state index is 13.4. The average molecular weight is 429 g/mol. The van der Waals surface area contributed by atoms with Crippen molar-refractivity contribution in [3.05, 3.63) is 35.9 Å². The van der Waals surface area contributed by atoms with Crippen LogP contribution in [0.15, 0.2) is 30.3 Å². The molecule has 5 heteroatoms. The van der Waals surface area contributed by atoms with Crippen molar-refractivity contribution in [3.8, 4) is 0 Å². The van der Waals surface area contributed by atoms with Gasteiger partial charge >= 0.3 is 0 Å². The highest BCUT2D eigenvalue weighted by molar-refractivity contribution is 5.87. The zero-order chi connectivity index (χ0) is 21.7. The number of benzene rings is 1. The molecule has 0 spiro atoms. The Hall–Kier alpha value is -1.43. The number of nitrogens with zero attached hydrogens (tertiary/aromatic N) is 1. The summed E-state index contributed by atoms with van der Waals surface area (Å²) in [5.74, 6) is 0.297. The van der Waals surface area contributed by atoms with Gasteiger partial charge in [-0.2, -0.15) is 0 Å². The quantitative estimate of drug-likeness (QED) is 0.606. The molecule has 2 saturated carbocycles. The lowest BCUT2D eigenvalue weighted by atomic mass is 9.79. The summed E-state index contributed by atoms with van der Waals surface area (Å²) >= 11 is 0. The number of hydrogen-bond donors (Lipinski definition) is 3. The Morgan fingerprint density at radius 1 is 0.968 bits per heavy atom. The fourth-order valence-electron chi connectivity index (χ4n) is 6.05. The van der Waals surface area contributed by atoms with Crippen LogP contribution in [-0.4, -0.2) is 52.8 Å². The van der Waals surface area contributed by atoms with E-state index in [1.165, 1.54) is 45.1 Å². The van der Waals surface area contributed by atoms with Gasteiger partial charge in [0.25, 0.3) is 5.91 Å². The molecule has 1 saturated heterocycles. The lowest BCUT2D eigenvalue weighted by molar-refractivity contribution is -0.149. The van der Waals surface area contributed by atoms with Crippen LogP contribution < -0.4 is 5.32 Å². The van der Waals surface area contributed by atoms with Crippen molar-refractivity contribution >= 4 is 5.91 Å². The second-order valence-corrected chi connectivity index (χ2v) is 10.2. The Kier molecular flexibility index (Phi) is 7.68. The first kappa shape index (κ1) is 22.8. The molecule has 0 radical (unpaired) electrons. The van der Waals surface area contributed by atoms with Gasteiger partial charge in [0.1, 0.15) is 0 Å². The number of aliphatic hydroxyl groups excluding tert-OH is 1. The summed E-state index contributed by atoms with van der Waals surface area (Å²) in [6, 6.07) is 9.41. The van der Waals surface area contributed by atoms with E-state index in [2.05, 4.69) is 10.2 Å². The van der Waals surface area contributed by atoms with Gasteiger partial charge in [0.15, 0.2) is 5.60 Å². The summed E-state index contributed by atoms with van der Waals surface area (Å²) in [6.07, 6.45) is 11.5. The Balaban J connectivity index is 1.35. The molecule has 1 aromatic carbocycles. The molecule has 3 fully saturated rings. The molecule has 31 heavy (non-hydrogen) atoms. The first-order chi connectivity index (χ1) is 15.1. The van der Waals surface area contributed by atoms with Crippen molar-refractivity contribution in [2.45, 2.75) is 88.4 Å². The molecule has 1 amide bonds. The summed E-state index contributed by atoms with van der Waals surface area (Å²) < 4.78 is 0. The number of carbonyl (C=O) groups excluding carboxylic acids is 1. The van der Waals surface area contributed by atoms with E-state index in [-0.39, 0.29) is 17.9 Å². The van der Waals surface area contributed by atoms with Gasteiger partial charge in [-0.15, -0.1) is 0 Å². The molecule has 1 aromatic rings. The average Bonchev–Trinajstić information content (AvgIpc) is 3.07. The Morgan fingerprint density at radius 3 is 2.26 bits per heavy atom. The van der Waals surface area contributed by atoms with Gasteiger partial charge in [-0.05, 0) is 56.4 Å². The van der Waals surface area contributed by atoms with Crippen LogP contribution >= 0.6 is 0 Å². The van der Waals surface area contributed by atoms with Crippen molar-refractivity contribution < 1.29 is 15.0 Å². The largest absolute Gasteiger partial charge is 0.393 e. The molecule has 5 nitrogen and oxygen atoms in total. The molecule has 1 aliphatic heterocycles. The van der Waals surface area contributed by atoms with Crippen LogP contribution in [0.3, 0.4) is 0 Å². The van der Waals surface area contributed by atoms with Gasteiger partial charge in [-0.25, -0.2) is 0 Å². The van der Waals surface area contributed by atoms with Crippen molar-refractivity contribution in [1.29, 1.82) is 0 Å². The maximum Gasteiger partial charge on any atom is 0.257 e. The van der Waals surface area contributed by atoms with Crippen LogP contribution in [0.1, 0.15) is 76.2 Å². The fourth-order valence-corrected chi connectivity index (χ4v) is 6.05. The molecule has 1 heterocycles. The Bertz CT molecular complexity index is 696. The molecule has 2 aliphatic carbocycles. The molecule has 3 atom stereocenters. The number of likely N-dealkylation sites (tertiary alicyclic amines) is 1. The smallest absolute Gasteiger partial charge is 0.257 e. The molecular formula is C26H40N2O3. The Labute approximate surface area is 187 Å². The summed E-state index contributed by atoms with van der Waals surface area (Å²) in [5, 5.41) is 24.9. The summed E-state index contributed by atoms with van der Waals surface area (Å²) in [5.41, 5.74) is -0.937. The minimum atomic E-state index is -1.57. The van der Waals surface area contributed by atoms with E-state index in [4.69, 9.17) is 0 Å². The lowest BCUT2D eigenvalue weighted by Gasteiger charge is -2.38. The van der Waals surface area contributed by atoms with E-state index in [0.717, 1.165) is 31.8 Å². The first-order valence-corrected chi connectivity index (χ1v) is 12.5. The van der Waals surface area contributed by atoms with E-state index in [1.807, 2.05) is 30.3 Å². The fraction of sp³-hybridized carbons (Fsp3) is 0.731. The van der Waals surface area contributed by atoms with Crippen molar-refractivity contribution in [3.63, 3.8) is 0 Å². The monoisotopic (exact) mass is 428 g/mol. The molecule has 0 aromatic heterocycles. The third kappa shape index (κ3) is 5.50. The number of hydrogen-bond acceptors (Lipinski definition) is 4. The van der Waals surface area contributed by atoms with Gasteiger partial charge in [0, 0.05) is 31.6 Å². The van der Waals surface area contributed by atoms with Crippen LogP contribution in [-0.2, 0) is 10.4 Å². The highest BCUT2D eigenvalue weighted by Gasteiger charge is 2.48. The van der Waals surface area contributed by atoms with Gasteiger partial charge in [-0.3, -0.25) is 4.79 Å². The number of rotatable bonds is 6. The third-order valence-corrected chi connectivity index (χ3v) is 7.97. The van der Waals surface area contributed by atoms with Crippen molar-refractivity contribution in [2.24, 2.45) is 11.8 Å². The maximum atomic E-state index is 13.4. The lowest BCUT2D eigenvalue weighted by Crippen LogP contribution is -2.54. The summed E-state index contributed by atoms with van der Waals surface area (Å²) in [4.78, 5) is 16.0. The zero-order valence-electron chi connectivity index (χ0n) is 18.8. The minimum Gasteiger partial charge on any atom is -0.393 e. The SMILES string of the molecule is O=C(NC1CCN(CC2CCCCCC2)CC1)C(O)(c1ccccc1)C1CCC(O)C1. The van der Waals surface area contributed by atoms with Crippen LogP contribution in [0.25, 0.3) is 0 Å². The molecule has 3 aliphatic rings. The minimum absolute atomic E-state index is 0.111. The number of amides is 1. The number of nitrogens with one attached hydrogen (secondary N) is 1. The van der Waals surface area contributed by atoms with E-state index < -0.39 is 11.7 Å². The van der Waals surface area contributed by atoms with Gasteiger partial charge < -0.3 is 20.4 Å².